The molecule has 0 N–H and O–H groups in total. The zero-order valence-corrected chi connectivity index (χ0v) is 16.5. The average molecular weight is 367 g/mol. The fraction of sp³-hybridized carbons (Fsp3) is 0.938. The first-order chi connectivity index (χ1) is 11.2. The molecule has 1 heterocycles. The molecule has 0 bridgehead atoms. The van der Waals surface area contributed by atoms with E-state index in [0.29, 0.717) is 46.1 Å². The molecule has 142 valence electrons. The van der Waals surface area contributed by atoms with Crippen LogP contribution in [0.4, 0.5) is 4.79 Å². The van der Waals surface area contributed by atoms with Gasteiger partial charge in [-0.1, -0.05) is 0 Å². The number of nitrogens with zero attached hydrogens (tertiary/aromatic N) is 3. The molecule has 8 heteroatoms. The molecule has 1 aliphatic heterocycles. The number of methoxy groups -OCH3 is 1. The van der Waals surface area contributed by atoms with Crippen molar-refractivity contribution in [3.8, 4) is 0 Å². The van der Waals surface area contributed by atoms with Gasteiger partial charge in [0.1, 0.15) is 6.54 Å². The fourth-order valence-corrected chi connectivity index (χ4v) is 2.59. The van der Waals surface area contributed by atoms with E-state index in [-0.39, 0.29) is 11.6 Å². The van der Waals surface area contributed by atoms with Crippen molar-refractivity contribution in [2.24, 2.45) is 0 Å². The summed E-state index contributed by atoms with van der Waals surface area (Å²) >= 11 is 6.06. The summed E-state index contributed by atoms with van der Waals surface area (Å²) in [6.45, 7) is 10.1. The van der Waals surface area contributed by atoms with Crippen molar-refractivity contribution in [1.82, 2.24) is 9.32 Å². The zero-order chi connectivity index (χ0) is 18.2. The lowest BCUT2D eigenvalue weighted by Gasteiger charge is -2.31. The first-order valence-electron chi connectivity index (χ1n) is 8.41. The Balaban J connectivity index is 2.17. The standard InChI is InChI=1S/C16H33ClN3O4/c1-16(2)14-18(15(21)19(16)17)6-7-20(3,4)8-9-23-12-13-24-11-10-22-5/h6-14H2,1-5H3/q+1. The molecule has 0 unspecified atom stereocenters. The number of likely N-dealkylation sites (N-methyl/N-ethyl adjacent to an activating group) is 1. The van der Waals surface area contributed by atoms with Gasteiger partial charge >= 0.3 is 6.03 Å². The number of urea groups is 1. The second-order valence-corrected chi connectivity index (χ2v) is 7.74. The maximum Gasteiger partial charge on any atom is 0.335 e. The van der Waals surface area contributed by atoms with Crippen LogP contribution in [-0.2, 0) is 14.2 Å². The Morgan fingerprint density at radius 3 is 2.21 bits per heavy atom. The fourth-order valence-electron chi connectivity index (χ4n) is 2.43. The summed E-state index contributed by atoms with van der Waals surface area (Å²) in [7, 11) is 5.94. The van der Waals surface area contributed by atoms with Crippen molar-refractivity contribution in [1.29, 1.82) is 0 Å². The predicted octanol–water partition coefficient (Wildman–Crippen LogP) is 1.41. The van der Waals surface area contributed by atoms with Gasteiger partial charge in [-0.05, 0) is 13.8 Å². The molecule has 0 atom stereocenters. The van der Waals surface area contributed by atoms with Gasteiger partial charge in [-0.3, -0.25) is 0 Å². The van der Waals surface area contributed by atoms with E-state index in [1.807, 2.05) is 18.7 Å². The van der Waals surface area contributed by atoms with Gasteiger partial charge in [-0.2, -0.15) is 0 Å². The summed E-state index contributed by atoms with van der Waals surface area (Å²) in [4.78, 5) is 13.9. The van der Waals surface area contributed by atoms with Crippen molar-refractivity contribution >= 4 is 17.8 Å². The topological polar surface area (TPSA) is 51.2 Å². The Morgan fingerprint density at radius 1 is 1.08 bits per heavy atom. The van der Waals surface area contributed by atoms with Crippen LogP contribution in [0.5, 0.6) is 0 Å². The van der Waals surface area contributed by atoms with Gasteiger partial charge in [0, 0.05) is 25.4 Å². The molecule has 7 nitrogen and oxygen atoms in total. The SMILES string of the molecule is COCCOCCOCC[N+](C)(C)CCN1CC(C)(C)N(Cl)C1=O. The van der Waals surface area contributed by atoms with Gasteiger partial charge in [0.25, 0.3) is 0 Å². The van der Waals surface area contributed by atoms with Crippen LogP contribution in [0.3, 0.4) is 0 Å². The van der Waals surface area contributed by atoms with E-state index in [0.717, 1.165) is 17.6 Å². The molecule has 0 aliphatic carbocycles. The molecule has 2 amide bonds. The number of quaternary nitrogens is 1. The van der Waals surface area contributed by atoms with Crippen molar-refractivity contribution in [2.45, 2.75) is 19.4 Å². The number of carbonyl (C=O) groups excluding carboxylic acids is 1. The Bertz CT molecular complexity index is 394. The van der Waals surface area contributed by atoms with E-state index in [1.165, 1.54) is 4.42 Å². The van der Waals surface area contributed by atoms with E-state index in [4.69, 9.17) is 26.0 Å². The highest BCUT2D eigenvalue weighted by Crippen LogP contribution is 2.27. The van der Waals surface area contributed by atoms with Crippen LogP contribution in [0.2, 0.25) is 0 Å². The molecule has 0 aromatic heterocycles. The summed E-state index contributed by atoms with van der Waals surface area (Å²) in [5, 5.41) is 0. The third-order valence-corrected chi connectivity index (χ3v) is 4.77. The summed E-state index contributed by atoms with van der Waals surface area (Å²) in [5.74, 6) is 0. The molecular weight excluding hydrogens is 334 g/mol. The third kappa shape index (κ3) is 7.11. The van der Waals surface area contributed by atoms with Gasteiger partial charge < -0.3 is 23.6 Å². The van der Waals surface area contributed by atoms with Crippen molar-refractivity contribution < 1.29 is 23.5 Å². The van der Waals surface area contributed by atoms with E-state index in [9.17, 15) is 4.79 Å². The summed E-state index contributed by atoms with van der Waals surface area (Å²) in [5.41, 5.74) is -0.318. The van der Waals surface area contributed by atoms with Gasteiger partial charge in [-0.25, -0.2) is 9.21 Å². The lowest BCUT2D eigenvalue weighted by molar-refractivity contribution is -0.890. The minimum atomic E-state index is -0.318. The molecular formula is C16H33ClN3O4+. The van der Waals surface area contributed by atoms with Crippen LogP contribution in [0.25, 0.3) is 0 Å². The quantitative estimate of drug-likeness (QED) is 0.298. The molecule has 0 aromatic rings. The summed E-state index contributed by atoms with van der Waals surface area (Å²) in [6, 6.07) is -0.105. The molecule has 1 aliphatic rings. The Labute approximate surface area is 151 Å². The first kappa shape index (κ1) is 21.4. The van der Waals surface area contributed by atoms with E-state index in [2.05, 4.69) is 14.1 Å². The maximum atomic E-state index is 12.1. The van der Waals surface area contributed by atoms with Gasteiger partial charge in [0.05, 0.1) is 65.8 Å². The maximum absolute atomic E-state index is 12.1. The second kappa shape index (κ2) is 9.77. The Hall–Kier alpha value is -0.600. The largest absolute Gasteiger partial charge is 0.382 e. The van der Waals surface area contributed by atoms with Gasteiger partial charge in [0.15, 0.2) is 0 Å². The van der Waals surface area contributed by atoms with Crippen molar-refractivity contribution in [3.63, 3.8) is 0 Å². The molecule has 1 fully saturated rings. The summed E-state index contributed by atoms with van der Waals surface area (Å²) in [6.07, 6.45) is 0. The number of halogens is 1. The number of amides is 2. The zero-order valence-electron chi connectivity index (χ0n) is 15.7. The van der Waals surface area contributed by atoms with Crippen LogP contribution < -0.4 is 0 Å². The number of carbonyl (C=O) groups is 1. The monoisotopic (exact) mass is 366 g/mol. The van der Waals surface area contributed by atoms with Crippen LogP contribution in [0.1, 0.15) is 13.8 Å². The molecule has 0 aromatic carbocycles. The lowest BCUT2D eigenvalue weighted by Crippen LogP contribution is -2.47. The molecule has 0 spiro atoms. The highest BCUT2D eigenvalue weighted by molar-refractivity contribution is 6.22. The Morgan fingerprint density at radius 2 is 1.67 bits per heavy atom. The van der Waals surface area contributed by atoms with E-state index >= 15 is 0 Å². The average Bonchev–Trinajstić information content (AvgIpc) is 2.71. The highest BCUT2D eigenvalue weighted by atomic mass is 35.5. The van der Waals surface area contributed by atoms with E-state index < -0.39 is 0 Å². The number of hydrogen-bond donors (Lipinski definition) is 0. The predicted molar refractivity (Wildman–Crippen MR) is 94.1 cm³/mol. The Kier molecular flexibility index (Phi) is 8.73. The van der Waals surface area contributed by atoms with Crippen LogP contribution in [0.15, 0.2) is 0 Å². The summed E-state index contributed by atoms with van der Waals surface area (Å²) < 4.78 is 17.9. The third-order valence-electron chi connectivity index (χ3n) is 4.17. The number of rotatable bonds is 12. The number of ether oxygens (including phenoxy) is 3. The minimum Gasteiger partial charge on any atom is -0.382 e. The number of hydrogen-bond acceptors (Lipinski definition) is 4. The van der Waals surface area contributed by atoms with Crippen molar-refractivity contribution in [3.05, 3.63) is 0 Å². The second-order valence-electron chi connectivity index (χ2n) is 7.40. The molecule has 0 saturated carbocycles. The lowest BCUT2D eigenvalue weighted by atomic mass is 10.1. The van der Waals surface area contributed by atoms with Crippen molar-refractivity contribution in [2.75, 3.05) is 80.4 Å². The smallest absolute Gasteiger partial charge is 0.335 e. The minimum absolute atomic E-state index is 0.105. The van der Waals surface area contributed by atoms with Crippen LogP contribution in [-0.4, -0.2) is 106 Å². The van der Waals surface area contributed by atoms with Gasteiger partial charge in [-0.15, -0.1) is 0 Å². The molecule has 1 saturated heterocycles. The molecule has 1 rings (SSSR count). The van der Waals surface area contributed by atoms with E-state index in [1.54, 1.807) is 7.11 Å². The normalized spacial score (nSPS) is 17.8. The van der Waals surface area contributed by atoms with Gasteiger partial charge in [0.2, 0.25) is 0 Å². The van der Waals surface area contributed by atoms with Crippen LogP contribution in [0, 0.1) is 0 Å². The van der Waals surface area contributed by atoms with Crippen LogP contribution >= 0.6 is 11.8 Å². The first-order valence-corrected chi connectivity index (χ1v) is 8.75. The molecule has 0 radical (unpaired) electrons. The molecule has 24 heavy (non-hydrogen) atoms. The highest BCUT2D eigenvalue weighted by Gasteiger charge is 2.42.